The Bertz CT molecular complexity index is 1110. The van der Waals surface area contributed by atoms with E-state index in [0.29, 0.717) is 30.9 Å². The molecule has 0 spiro atoms. The molecule has 0 saturated carbocycles. The van der Waals surface area contributed by atoms with Crippen molar-refractivity contribution < 1.29 is 18.8 Å². The van der Waals surface area contributed by atoms with Gasteiger partial charge in [-0.2, -0.15) is 0 Å². The maximum Gasteiger partial charge on any atom is 0.255 e. The Morgan fingerprint density at radius 3 is 2.58 bits per heavy atom. The van der Waals surface area contributed by atoms with E-state index in [1.54, 1.807) is 18.5 Å². The van der Waals surface area contributed by atoms with Crippen molar-refractivity contribution in [1.82, 2.24) is 25.1 Å². The highest BCUT2D eigenvalue weighted by Gasteiger charge is 2.39. The molecule has 2 saturated heterocycles. The van der Waals surface area contributed by atoms with Crippen LogP contribution in [0.25, 0.3) is 0 Å². The van der Waals surface area contributed by atoms with E-state index in [4.69, 9.17) is 0 Å². The van der Waals surface area contributed by atoms with Gasteiger partial charge in [-0.15, -0.1) is 0 Å². The van der Waals surface area contributed by atoms with Crippen molar-refractivity contribution in [1.29, 1.82) is 0 Å². The maximum absolute atomic E-state index is 15.0. The topological polar surface area (TPSA) is 98.7 Å². The fourth-order valence-corrected chi connectivity index (χ4v) is 4.70. The average Bonchev–Trinajstić information content (AvgIpc) is 3.11. The van der Waals surface area contributed by atoms with E-state index >= 15 is 4.39 Å². The molecule has 2 fully saturated rings. The number of anilines is 1. The lowest BCUT2D eigenvalue weighted by Crippen LogP contribution is -2.52. The van der Waals surface area contributed by atoms with Crippen molar-refractivity contribution in [3.05, 3.63) is 52.9 Å². The van der Waals surface area contributed by atoms with Crippen LogP contribution in [0.4, 0.5) is 10.1 Å². The number of rotatable bonds is 4. The van der Waals surface area contributed by atoms with E-state index in [9.17, 15) is 14.4 Å². The van der Waals surface area contributed by atoms with Crippen LogP contribution in [-0.4, -0.2) is 69.7 Å². The van der Waals surface area contributed by atoms with Gasteiger partial charge in [0.15, 0.2) is 0 Å². The lowest BCUT2D eigenvalue weighted by Gasteiger charge is -2.36. The minimum absolute atomic E-state index is 0.189. The smallest absolute Gasteiger partial charge is 0.255 e. The van der Waals surface area contributed by atoms with Crippen molar-refractivity contribution in [3.8, 4) is 0 Å². The molecular weight excluding hydrogens is 427 g/mol. The highest BCUT2D eigenvalue weighted by atomic mass is 19.1. The van der Waals surface area contributed by atoms with Gasteiger partial charge in [-0.3, -0.25) is 34.6 Å². The van der Waals surface area contributed by atoms with Gasteiger partial charge in [0.05, 0.1) is 17.1 Å². The summed E-state index contributed by atoms with van der Waals surface area (Å²) in [5.41, 5.74) is 3.26. The van der Waals surface area contributed by atoms with E-state index in [0.717, 1.165) is 24.5 Å². The molecule has 1 N–H and O–H groups in total. The number of piperidine rings is 1. The number of nitrogens with zero attached hydrogens (tertiary/aromatic N) is 5. The predicted molar refractivity (Wildman–Crippen MR) is 117 cm³/mol. The monoisotopic (exact) mass is 452 g/mol. The number of amides is 3. The zero-order valence-electron chi connectivity index (χ0n) is 18.4. The van der Waals surface area contributed by atoms with Gasteiger partial charge in [-0.1, -0.05) is 0 Å². The molecule has 33 heavy (non-hydrogen) atoms. The summed E-state index contributed by atoms with van der Waals surface area (Å²) in [7, 11) is 0. The molecule has 2 aromatic rings. The summed E-state index contributed by atoms with van der Waals surface area (Å²) >= 11 is 0. The fraction of sp³-hybridized carbons (Fsp3) is 0.435. The standard InChI is InChI=1S/C23H25FN6O3/c1-14-10-26-16(11-25-14)13-28-4-6-29(7-5-28)20-8-15-12-30(23(33)17(15)9-18(20)24)19-2-3-21(31)27-22(19)32/h8-11,19H,2-7,12-13H2,1H3,(H,27,31,32). The van der Waals surface area contributed by atoms with Crippen LogP contribution in [0, 0.1) is 12.7 Å². The first kappa shape index (κ1) is 21.4. The quantitative estimate of drug-likeness (QED) is 0.692. The van der Waals surface area contributed by atoms with Crippen molar-refractivity contribution >= 4 is 23.4 Å². The third kappa shape index (κ3) is 4.18. The van der Waals surface area contributed by atoms with Crippen LogP contribution in [0.1, 0.15) is 40.2 Å². The van der Waals surface area contributed by atoms with Crippen LogP contribution in [0.3, 0.4) is 0 Å². The van der Waals surface area contributed by atoms with Crippen molar-refractivity contribution in [2.75, 3.05) is 31.1 Å². The molecule has 3 amide bonds. The van der Waals surface area contributed by atoms with Crippen LogP contribution in [0.2, 0.25) is 0 Å². The fourth-order valence-electron chi connectivity index (χ4n) is 4.70. The van der Waals surface area contributed by atoms with Crippen molar-refractivity contribution in [3.63, 3.8) is 0 Å². The van der Waals surface area contributed by atoms with Crippen molar-refractivity contribution in [2.45, 2.75) is 38.9 Å². The Kier molecular flexibility index (Phi) is 5.53. The highest BCUT2D eigenvalue weighted by molar-refractivity contribution is 6.05. The molecule has 3 aliphatic rings. The average molecular weight is 452 g/mol. The molecule has 0 bridgehead atoms. The minimum Gasteiger partial charge on any atom is -0.367 e. The Morgan fingerprint density at radius 1 is 1.09 bits per heavy atom. The summed E-state index contributed by atoms with van der Waals surface area (Å²) in [5.74, 6) is -1.61. The zero-order valence-corrected chi connectivity index (χ0v) is 18.4. The second-order valence-electron chi connectivity index (χ2n) is 8.77. The number of benzene rings is 1. The molecule has 4 heterocycles. The molecule has 10 heteroatoms. The molecule has 0 aliphatic carbocycles. The molecule has 1 unspecified atom stereocenters. The Hall–Kier alpha value is -3.40. The predicted octanol–water partition coefficient (Wildman–Crippen LogP) is 1.01. The number of carbonyl (C=O) groups is 3. The number of piperazine rings is 1. The highest BCUT2D eigenvalue weighted by Crippen LogP contribution is 2.33. The van der Waals surface area contributed by atoms with Gasteiger partial charge in [0, 0.05) is 63.6 Å². The molecule has 0 radical (unpaired) electrons. The van der Waals surface area contributed by atoms with E-state index in [-0.39, 0.29) is 36.8 Å². The number of hydrogen-bond donors (Lipinski definition) is 1. The second-order valence-corrected chi connectivity index (χ2v) is 8.77. The van der Waals surface area contributed by atoms with E-state index in [1.165, 1.54) is 11.0 Å². The summed E-state index contributed by atoms with van der Waals surface area (Å²) in [6, 6.07) is 2.31. The Labute approximate surface area is 190 Å². The van der Waals surface area contributed by atoms with Crippen LogP contribution in [0.5, 0.6) is 0 Å². The molecule has 172 valence electrons. The lowest BCUT2D eigenvalue weighted by molar-refractivity contribution is -0.136. The van der Waals surface area contributed by atoms with Crippen LogP contribution < -0.4 is 10.2 Å². The first-order chi connectivity index (χ1) is 15.9. The SMILES string of the molecule is Cc1cnc(CN2CCN(c3cc4c(cc3F)C(=O)N(C3CCC(=O)NC3=O)C4)CC2)cn1. The zero-order chi connectivity index (χ0) is 23.1. The van der Waals surface area contributed by atoms with Gasteiger partial charge in [-0.05, 0) is 31.0 Å². The number of nitrogens with one attached hydrogen (secondary N) is 1. The number of carbonyl (C=O) groups excluding carboxylic acids is 3. The molecule has 1 aromatic carbocycles. The third-order valence-corrected chi connectivity index (χ3v) is 6.52. The van der Waals surface area contributed by atoms with Crippen LogP contribution >= 0.6 is 0 Å². The van der Waals surface area contributed by atoms with Crippen LogP contribution in [-0.2, 0) is 22.7 Å². The Balaban J connectivity index is 1.26. The van der Waals surface area contributed by atoms with Crippen molar-refractivity contribution in [2.24, 2.45) is 0 Å². The first-order valence-corrected chi connectivity index (χ1v) is 11.1. The summed E-state index contributed by atoms with van der Waals surface area (Å²) in [5, 5.41) is 2.29. The Morgan fingerprint density at radius 2 is 1.88 bits per heavy atom. The third-order valence-electron chi connectivity index (χ3n) is 6.52. The number of imide groups is 1. The summed E-state index contributed by atoms with van der Waals surface area (Å²) < 4.78 is 15.0. The summed E-state index contributed by atoms with van der Waals surface area (Å²) in [4.78, 5) is 50.9. The second kappa shape index (κ2) is 8.51. The number of hydrogen-bond acceptors (Lipinski definition) is 7. The minimum atomic E-state index is -0.706. The largest absolute Gasteiger partial charge is 0.367 e. The number of aromatic nitrogens is 2. The number of aryl methyl sites for hydroxylation is 1. The first-order valence-electron chi connectivity index (χ1n) is 11.1. The number of halogens is 1. The maximum atomic E-state index is 15.0. The molecular formula is C23H25FN6O3. The molecule has 1 aromatic heterocycles. The normalized spacial score (nSPS) is 21.4. The van der Waals surface area contributed by atoms with Gasteiger partial charge >= 0.3 is 0 Å². The van der Waals surface area contributed by atoms with Gasteiger partial charge in [0.25, 0.3) is 5.91 Å². The van der Waals surface area contributed by atoms with Gasteiger partial charge in [0.2, 0.25) is 11.8 Å². The summed E-state index contributed by atoms with van der Waals surface area (Å²) in [6.45, 7) is 5.65. The molecule has 3 aliphatic heterocycles. The van der Waals surface area contributed by atoms with E-state index in [2.05, 4.69) is 20.2 Å². The van der Waals surface area contributed by atoms with E-state index in [1.807, 2.05) is 11.8 Å². The lowest BCUT2D eigenvalue weighted by atomic mass is 10.0. The molecule has 1 atom stereocenters. The van der Waals surface area contributed by atoms with E-state index < -0.39 is 17.8 Å². The molecule has 9 nitrogen and oxygen atoms in total. The van der Waals surface area contributed by atoms with Crippen LogP contribution in [0.15, 0.2) is 24.5 Å². The summed E-state index contributed by atoms with van der Waals surface area (Å²) in [6.07, 6.45) is 4.01. The van der Waals surface area contributed by atoms with Gasteiger partial charge in [0.1, 0.15) is 11.9 Å². The molecule has 5 rings (SSSR count). The number of fused-ring (bicyclic) bond motifs is 1. The van der Waals surface area contributed by atoms with Gasteiger partial charge < -0.3 is 9.80 Å². The van der Waals surface area contributed by atoms with Gasteiger partial charge in [-0.25, -0.2) is 4.39 Å².